The number of fused-ring (bicyclic) bond motifs is 1. The summed E-state index contributed by atoms with van der Waals surface area (Å²) in [5.41, 5.74) is 2.48. The van der Waals surface area contributed by atoms with E-state index in [1.54, 1.807) is 17.5 Å². The molecule has 6 heteroatoms. The van der Waals surface area contributed by atoms with Gasteiger partial charge in [-0.1, -0.05) is 0 Å². The quantitative estimate of drug-likeness (QED) is 0.805. The van der Waals surface area contributed by atoms with Gasteiger partial charge in [0.1, 0.15) is 11.3 Å². The monoisotopic (exact) mass is 326 g/mol. The highest BCUT2D eigenvalue weighted by atomic mass is 32.1. The highest BCUT2D eigenvalue weighted by molar-refractivity contribution is 7.09. The molecule has 0 spiro atoms. The first-order valence-electron chi connectivity index (χ1n) is 7.83. The molecule has 0 aliphatic carbocycles. The summed E-state index contributed by atoms with van der Waals surface area (Å²) < 4.78 is 0. The van der Waals surface area contributed by atoms with E-state index in [2.05, 4.69) is 20.3 Å². The molecule has 0 bridgehead atoms. The Morgan fingerprint density at radius 1 is 1.52 bits per heavy atom. The van der Waals surface area contributed by atoms with E-state index in [0.717, 1.165) is 42.7 Å². The standard InChI is InChI=1S/C17H18N4OS/c1-11-10-23-15(19-11)7-12-4-6-21(9-12)17(22)14-8-13-3-2-5-18-16(13)20-14/h2-3,5,8,10,12H,4,6-7,9H2,1H3,(H,18,20)/t12-/m1/s1. The molecule has 23 heavy (non-hydrogen) atoms. The lowest BCUT2D eigenvalue weighted by atomic mass is 10.1. The summed E-state index contributed by atoms with van der Waals surface area (Å²) in [4.78, 5) is 26.5. The van der Waals surface area contributed by atoms with E-state index in [9.17, 15) is 4.79 Å². The molecule has 1 amide bonds. The molecule has 1 aliphatic rings. The Morgan fingerprint density at radius 3 is 3.22 bits per heavy atom. The fourth-order valence-corrected chi connectivity index (χ4v) is 4.06. The first-order valence-corrected chi connectivity index (χ1v) is 8.71. The number of carbonyl (C=O) groups is 1. The van der Waals surface area contributed by atoms with Crippen molar-refractivity contribution in [1.82, 2.24) is 19.9 Å². The van der Waals surface area contributed by atoms with Gasteiger partial charge in [-0.05, 0) is 37.5 Å². The molecule has 4 heterocycles. The van der Waals surface area contributed by atoms with Gasteiger partial charge in [0.2, 0.25) is 0 Å². The van der Waals surface area contributed by atoms with E-state index in [-0.39, 0.29) is 5.91 Å². The molecule has 5 nitrogen and oxygen atoms in total. The molecule has 0 radical (unpaired) electrons. The van der Waals surface area contributed by atoms with Crippen molar-refractivity contribution < 1.29 is 4.79 Å². The fraction of sp³-hybridized carbons (Fsp3) is 0.353. The van der Waals surface area contributed by atoms with Gasteiger partial charge in [-0.2, -0.15) is 0 Å². The molecule has 1 atom stereocenters. The number of hydrogen-bond acceptors (Lipinski definition) is 4. The van der Waals surface area contributed by atoms with Crippen LogP contribution in [0.5, 0.6) is 0 Å². The molecule has 0 saturated carbocycles. The third-order valence-corrected chi connectivity index (χ3v) is 5.31. The van der Waals surface area contributed by atoms with Gasteiger partial charge in [-0.15, -0.1) is 11.3 Å². The minimum Gasteiger partial charge on any atom is -0.337 e. The van der Waals surface area contributed by atoms with E-state index in [4.69, 9.17) is 0 Å². The van der Waals surface area contributed by atoms with Crippen molar-refractivity contribution in [3.8, 4) is 0 Å². The van der Waals surface area contributed by atoms with Crippen molar-refractivity contribution in [1.29, 1.82) is 0 Å². The number of nitrogens with one attached hydrogen (secondary N) is 1. The number of thiazole rings is 1. The lowest BCUT2D eigenvalue weighted by Crippen LogP contribution is -2.29. The third-order valence-electron chi connectivity index (χ3n) is 4.33. The van der Waals surface area contributed by atoms with Gasteiger partial charge in [0.15, 0.2) is 0 Å². The van der Waals surface area contributed by atoms with Crippen LogP contribution in [0.3, 0.4) is 0 Å². The first-order chi connectivity index (χ1) is 11.2. The number of rotatable bonds is 3. The summed E-state index contributed by atoms with van der Waals surface area (Å²) in [5, 5.41) is 4.24. The molecule has 0 unspecified atom stereocenters. The lowest BCUT2D eigenvalue weighted by molar-refractivity contribution is 0.0782. The van der Waals surface area contributed by atoms with E-state index >= 15 is 0 Å². The SMILES string of the molecule is Cc1csc(C[C@H]2CCN(C(=O)c3cc4cccnc4[nH]3)C2)n1. The van der Waals surface area contributed by atoms with Crippen LogP contribution in [0.2, 0.25) is 0 Å². The average Bonchev–Trinajstić information content (AvgIpc) is 3.26. The van der Waals surface area contributed by atoms with E-state index in [1.807, 2.05) is 30.0 Å². The van der Waals surface area contributed by atoms with E-state index in [0.29, 0.717) is 11.6 Å². The van der Waals surface area contributed by atoms with Crippen LogP contribution < -0.4 is 0 Å². The second-order valence-corrected chi connectivity index (χ2v) is 7.06. The number of aromatic nitrogens is 3. The van der Waals surface area contributed by atoms with Crippen LogP contribution in [0, 0.1) is 12.8 Å². The molecular formula is C17H18N4OS. The number of nitrogens with zero attached hydrogens (tertiary/aromatic N) is 3. The zero-order valence-electron chi connectivity index (χ0n) is 13.0. The van der Waals surface area contributed by atoms with Crippen LogP contribution in [-0.2, 0) is 6.42 Å². The number of likely N-dealkylation sites (tertiary alicyclic amines) is 1. The number of aromatic amines is 1. The smallest absolute Gasteiger partial charge is 0.270 e. The molecular weight excluding hydrogens is 308 g/mol. The molecule has 4 rings (SSSR count). The van der Waals surface area contributed by atoms with Crippen LogP contribution in [-0.4, -0.2) is 38.8 Å². The van der Waals surface area contributed by atoms with Crippen molar-refractivity contribution >= 4 is 28.3 Å². The minimum atomic E-state index is 0.0702. The predicted octanol–water partition coefficient (Wildman–Crippen LogP) is 3.03. The van der Waals surface area contributed by atoms with Gasteiger partial charge in [0.25, 0.3) is 5.91 Å². The molecule has 1 fully saturated rings. The van der Waals surface area contributed by atoms with Crippen LogP contribution >= 0.6 is 11.3 Å². The third kappa shape index (κ3) is 2.86. The van der Waals surface area contributed by atoms with Gasteiger partial charge < -0.3 is 9.88 Å². The summed E-state index contributed by atoms with van der Waals surface area (Å²) in [6.45, 7) is 3.64. The Morgan fingerprint density at radius 2 is 2.43 bits per heavy atom. The lowest BCUT2D eigenvalue weighted by Gasteiger charge is -2.15. The van der Waals surface area contributed by atoms with Crippen molar-refractivity contribution in [2.45, 2.75) is 19.8 Å². The highest BCUT2D eigenvalue weighted by Crippen LogP contribution is 2.24. The molecule has 1 saturated heterocycles. The van der Waals surface area contributed by atoms with Gasteiger partial charge in [-0.3, -0.25) is 4.79 Å². The van der Waals surface area contributed by atoms with Crippen molar-refractivity contribution in [2.24, 2.45) is 5.92 Å². The van der Waals surface area contributed by atoms with Gasteiger partial charge >= 0.3 is 0 Å². The summed E-state index contributed by atoms with van der Waals surface area (Å²) in [6, 6.07) is 5.74. The maximum Gasteiger partial charge on any atom is 0.270 e. The van der Waals surface area contributed by atoms with Gasteiger partial charge in [-0.25, -0.2) is 9.97 Å². The average molecular weight is 326 g/mol. The number of carbonyl (C=O) groups excluding carboxylic acids is 1. The molecule has 3 aromatic rings. The Bertz CT molecular complexity index is 820. The summed E-state index contributed by atoms with van der Waals surface area (Å²) in [6.07, 6.45) is 3.74. The van der Waals surface area contributed by atoms with Crippen molar-refractivity contribution in [3.05, 3.63) is 46.2 Å². The number of hydrogen-bond donors (Lipinski definition) is 1. The number of amides is 1. The van der Waals surface area contributed by atoms with Gasteiger partial charge in [0, 0.05) is 42.2 Å². The number of aryl methyl sites for hydroxylation is 1. The maximum absolute atomic E-state index is 12.7. The Kier molecular flexibility index (Phi) is 3.61. The molecule has 1 aliphatic heterocycles. The van der Waals surface area contributed by atoms with Crippen LogP contribution in [0.25, 0.3) is 11.0 Å². The first kappa shape index (κ1) is 14.4. The zero-order chi connectivity index (χ0) is 15.8. The zero-order valence-corrected chi connectivity index (χ0v) is 13.8. The largest absolute Gasteiger partial charge is 0.337 e. The highest BCUT2D eigenvalue weighted by Gasteiger charge is 2.28. The molecule has 0 aromatic carbocycles. The number of pyridine rings is 1. The Labute approximate surface area is 138 Å². The molecule has 1 N–H and O–H groups in total. The predicted molar refractivity (Wildman–Crippen MR) is 90.7 cm³/mol. The Balaban J connectivity index is 1.45. The van der Waals surface area contributed by atoms with E-state index in [1.165, 1.54) is 5.01 Å². The Hall–Kier alpha value is -2.21. The van der Waals surface area contributed by atoms with Crippen molar-refractivity contribution in [2.75, 3.05) is 13.1 Å². The minimum absolute atomic E-state index is 0.0702. The van der Waals surface area contributed by atoms with Crippen LogP contribution in [0.15, 0.2) is 29.8 Å². The maximum atomic E-state index is 12.7. The number of H-pyrrole nitrogens is 1. The van der Waals surface area contributed by atoms with Crippen molar-refractivity contribution in [3.63, 3.8) is 0 Å². The fourth-order valence-electron chi connectivity index (χ4n) is 3.17. The molecule has 118 valence electrons. The topological polar surface area (TPSA) is 61.9 Å². The summed E-state index contributed by atoms with van der Waals surface area (Å²) >= 11 is 1.72. The second-order valence-electron chi connectivity index (χ2n) is 6.12. The summed E-state index contributed by atoms with van der Waals surface area (Å²) in [7, 11) is 0. The normalized spacial score (nSPS) is 18.0. The van der Waals surface area contributed by atoms with Crippen LogP contribution in [0.1, 0.15) is 27.6 Å². The molecule has 3 aromatic heterocycles. The van der Waals surface area contributed by atoms with E-state index < -0.39 is 0 Å². The second kappa shape index (κ2) is 5.77. The van der Waals surface area contributed by atoms with Gasteiger partial charge in [0.05, 0.1) is 5.01 Å². The van der Waals surface area contributed by atoms with Crippen LogP contribution in [0.4, 0.5) is 0 Å². The summed E-state index contributed by atoms with van der Waals surface area (Å²) in [5.74, 6) is 0.577.